The van der Waals surface area contributed by atoms with E-state index in [-0.39, 0.29) is 11.9 Å². The smallest absolute Gasteiger partial charge is 0.245 e. The van der Waals surface area contributed by atoms with Gasteiger partial charge in [0.2, 0.25) is 5.91 Å². The molecule has 1 aliphatic heterocycles. The van der Waals surface area contributed by atoms with E-state index < -0.39 is 0 Å². The Balaban J connectivity index is 1.45. The summed E-state index contributed by atoms with van der Waals surface area (Å²) in [5.41, 5.74) is 3.07. The molecule has 2 aromatic heterocycles. The maximum Gasteiger partial charge on any atom is 0.245 e. The van der Waals surface area contributed by atoms with Crippen molar-refractivity contribution in [2.75, 3.05) is 11.9 Å². The Morgan fingerprint density at radius 2 is 1.92 bits per heavy atom. The van der Waals surface area contributed by atoms with Gasteiger partial charge in [0.05, 0.1) is 0 Å². The SMILES string of the molecule is Cc1ccc(CN2CCC(Nc3ccc4nnc(C)n4n3)C2=O)cc1. The standard InChI is InChI=1S/C18H20N6O/c1-12-3-5-14(6-4-12)11-23-10-9-15(18(23)25)19-16-7-8-17-21-20-13(2)24(17)22-16/h3-8,15H,9-11H2,1-2H3,(H,19,22). The highest BCUT2D eigenvalue weighted by Gasteiger charge is 2.31. The lowest BCUT2D eigenvalue weighted by Gasteiger charge is -2.17. The van der Waals surface area contributed by atoms with E-state index in [1.54, 1.807) is 4.52 Å². The summed E-state index contributed by atoms with van der Waals surface area (Å²) in [5, 5.41) is 15.7. The van der Waals surface area contributed by atoms with E-state index in [0.717, 1.165) is 24.4 Å². The van der Waals surface area contributed by atoms with Gasteiger partial charge in [0.25, 0.3) is 0 Å². The number of aromatic nitrogens is 4. The van der Waals surface area contributed by atoms with Gasteiger partial charge in [0, 0.05) is 13.1 Å². The van der Waals surface area contributed by atoms with Crippen LogP contribution in [0.25, 0.3) is 5.65 Å². The number of fused-ring (bicyclic) bond motifs is 1. The van der Waals surface area contributed by atoms with Crippen molar-refractivity contribution in [1.29, 1.82) is 0 Å². The van der Waals surface area contributed by atoms with Gasteiger partial charge in [-0.25, -0.2) is 0 Å². The van der Waals surface area contributed by atoms with Gasteiger partial charge >= 0.3 is 0 Å². The molecule has 0 spiro atoms. The molecule has 0 radical (unpaired) electrons. The first kappa shape index (κ1) is 15.6. The Morgan fingerprint density at radius 1 is 1.12 bits per heavy atom. The van der Waals surface area contributed by atoms with Crippen molar-refractivity contribution in [1.82, 2.24) is 24.7 Å². The molecule has 1 atom stereocenters. The molecule has 1 saturated heterocycles. The predicted molar refractivity (Wildman–Crippen MR) is 94.1 cm³/mol. The zero-order valence-electron chi connectivity index (χ0n) is 14.3. The van der Waals surface area contributed by atoms with Gasteiger partial charge in [-0.15, -0.1) is 15.3 Å². The molecular formula is C18H20N6O. The van der Waals surface area contributed by atoms with Crippen molar-refractivity contribution in [2.45, 2.75) is 32.9 Å². The summed E-state index contributed by atoms with van der Waals surface area (Å²) in [6.07, 6.45) is 0.769. The lowest BCUT2D eigenvalue weighted by Crippen LogP contribution is -2.33. The van der Waals surface area contributed by atoms with Crippen LogP contribution in [-0.2, 0) is 11.3 Å². The fourth-order valence-corrected chi connectivity index (χ4v) is 3.10. The van der Waals surface area contributed by atoms with Crippen molar-refractivity contribution in [3.63, 3.8) is 0 Å². The van der Waals surface area contributed by atoms with Crippen LogP contribution in [0, 0.1) is 13.8 Å². The molecule has 3 heterocycles. The maximum atomic E-state index is 12.7. The first-order valence-corrected chi connectivity index (χ1v) is 8.40. The second-order valence-corrected chi connectivity index (χ2v) is 6.47. The fraction of sp³-hybridized carbons (Fsp3) is 0.333. The third-order valence-electron chi connectivity index (χ3n) is 4.53. The molecule has 1 aliphatic rings. The molecule has 0 aliphatic carbocycles. The number of carbonyl (C=O) groups is 1. The summed E-state index contributed by atoms with van der Waals surface area (Å²) in [6, 6.07) is 11.7. The zero-order chi connectivity index (χ0) is 17.4. The number of aryl methyl sites for hydroxylation is 2. The second kappa shape index (κ2) is 6.16. The lowest BCUT2D eigenvalue weighted by molar-refractivity contribution is -0.128. The topological polar surface area (TPSA) is 75.4 Å². The molecule has 0 bridgehead atoms. The Bertz CT molecular complexity index is 917. The summed E-state index contributed by atoms with van der Waals surface area (Å²) in [6.45, 7) is 5.31. The van der Waals surface area contributed by atoms with Gasteiger partial charge in [0.15, 0.2) is 11.5 Å². The van der Waals surface area contributed by atoms with E-state index in [9.17, 15) is 4.79 Å². The van der Waals surface area contributed by atoms with Gasteiger partial charge in [0.1, 0.15) is 11.9 Å². The van der Waals surface area contributed by atoms with Crippen molar-refractivity contribution >= 4 is 17.4 Å². The highest BCUT2D eigenvalue weighted by atomic mass is 16.2. The number of nitrogens with one attached hydrogen (secondary N) is 1. The maximum absolute atomic E-state index is 12.7. The molecule has 3 aromatic rings. The molecule has 25 heavy (non-hydrogen) atoms. The average molecular weight is 336 g/mol. The minimum Gasteiger partial charge on any atom is -0.357 e. The monoisotopic (exact) mass is 336 g/mol. The average Bonchev–Trinajstić information content (AvgIpc) is 3.15. The summed E-state index contributed by atoms with van der Waals surface area (Å²) in [5.74, 6) is 1.49. The van der Waals surface area contributed by atoms with Crippen molar-refractivity contribution < 1.29 is 4.79 Å². The minimum absolute atomic E-state index is 0.114. The largest absolute Gasteiger partial charge is 0.357 e. The second-order valence-electron chi connectivity index (χ2n) is 6.47. The van der Waals surface area contributed by atoms with Crippen LogP contribution in [0.4, 0.5) is 5.82 Å². The molecule has 1 unspecified atom stereocenters. The highest BCUT2D eigenvalue weighted by molar-refractivity contribution is 5.86. The van der Waals surface area contributed by atoms with Crippen LogP contribution in [0.5, 0.6) is 0 Å². The summed E-state index contributed by atoms with van der Waals surface area (Å²) in [7, 11) is 0. The number of likely N-dealkylation sites (tertiary alicyclic amines) is 1. The van der Waals surface area contributed by atoms with Crippen LogP contribution < -0.4 is 5.32 Å². The number of hydrogen-bond acceptors (Lipinski definition) is 5. The van der Waals surface area contributed by atoms with Crippen LogP contribution in [-0.4, -0.2) is 43.2 Å². The molecule has 0 saturated carbocycles. The van der Waals surface area contributed by atoms with Gasteiger partial charge in [-0.3, -0.25) is 4.79 Å². The summed E-state index contributed by atoms with van der Waals surface area (Å²) >= 11 is 0. The van der Waals surface area contributed by atoms with E-state index in [0.29, 0.717) is 18.0 Å². The van der Waals surface area contributed by atoms with Crippen molar-refractivity contribution in [3.05, 3.63) is 53.3 Å². The van der Waals surface area contributed by atoms with Gasteiger partial charge in [-0.2, -0.15) is 4.52 Å². The number of amides is 1. The van der Waals surface area contributed by atoms with Crippen LogP contribution in [0.1, 0.15) is 23.4 Å². The Hall–Kier alpha value is -2.96. The fourth-order valence-electron chi connectivity index (χ4n) is 3.10. The third-order valence-corrected chi connectivity index (χ3v) is 4.53. The predicted octanol–water partition coefficient (Wildman–Crippen LogP) is 1.95. The quantitative estimate of drug-likeness (QED) is 0.788. The molecule has 1 fully saturated rings. The Labute approximate surface area is 145 Å². The third kappa shape index (κ3) is 3.05. The zero-order valence-corrected chi connectivity index (χ0v) is 14.3. The Kier molecular flexibility index (Phi) is 3.83. The molecule has 128 valence electrons. The number of nitrogens with zero attached hydrogens (tertiary/aromatic N) is 5. The molecule has 1 N–H and O–H groups in total. The normalized spacial score (nSPS) is 17.4. The van der Waals surface area contributed by atoms with E-state index in [1.165, 1.54) is 5.56 Å². The molecule has 4 rings (SSSR count). The van der Waals surface area contributed by atoms with Gasteiger partial charge in [-0.1, -0.05) is 29.8 Å². The van der Waals surface area contributed by atoms with Crippen LogP contribution in [0.3, 0.4) is 0 Å². The number of anilines is 1. The highest BCUT2D eigenvalue weighted by Crippen LogP contribution is 2.19. The first-order chi connectivity index (χ1) is 12.1. The minimum atomic E-state index is -0.243. The van der Waals surface area contributed by atoms with E-state index in [4.69, 9.17) is 0 Å². The van der Waals surface area contributed by atoms with E-state index in [2.05, 4.69) is 51.8 Å². The lowest BCUT2D eigenvalue weighted by atomic mass is 10.1. The molecule has 1 amide bonds. The summed E-state index contributed by atoms with van der Waals surface area (Å²) < 4.78 is 1.67. The summed E-state index contributed by atoms with van der Waals surface area (Å²) in [4.78, 5) is 14.6. The van der Waals surface area contributed by atoms with Gasteiger partial charge < -0.3 is 10.2 Å². The number of carbonyl (C=O) groups excluding carboxylic acids is 1. The van der Waals surface area contributed by atoms with E-state index in [1.807, 2.05) is 24.0 Å². The number of hydrogen-bond donors (Lipinski definition) is 1. The van der Waals surface area contributed by atoms with Crippen LogP contribution in [0.2, 0.25) is 0 Å². The molecule has 7 nitrogen and oxygen atoms in total. The van der Waals surface area contributed by atoms with Crippen molar-refractivity contribution in [2.24, 2.45) is 0 Å². The van der Waals surface area contributed by atoms with Crippen LogP contribution in [0.15, 0.2) is 36.4 Å². The first-order valence-electron chi connectivity index (χ1n) is 8.40. The van der Waals surface area contributed by atoms with Crippen LogP contribution >= 0.6 is 0 Å². The Morgan fingerprint density at radius 3 is 2.72 bits per heavy atom. The molecule has 1 aromatic carbocycles. The molecule has 7 heteroatoms. The number of rotatable bonds is 4. The molecular weight excluding hydrogens is 316 g/mol. The van der Waals surface area contributed by atoms with Crippen molar-refractivity contribution in [3.8, 4) is 0 Å². The number of benzene rings is 1. The van der Waals surface area contributed by atoms with Gasteiger partial charge in [-0.05, 0) is 38.0 Å². The van der Waals surface area contributed by atoms with E-state index >= 15 is 0 Å².